The third-order valence-electron chi connectivity index (χ3n) is 4.38. The van der Waals surface area contributed by atoms with Crippen molar-refractivity contribution in [3.05, 3.63) is 56.4 Å². The van der Waals surface area contributed by atoms with Gasteiger partial charge in [-0.05, 0) is 13.0 Å². The Kier molecular flexibility index (Phi) is 6.46. The Bertz CT molecular complexity index is 1140. The third-order valence-corrected chi connectivity index (χ3v) is 5.91. The molecule has 0 radical (unpaired) electrons. The average Bonchev–Trinajstić information content (AvgIpc) is 3.29. The topological polar surface area (TPSA) is 89.8 Å². The van der Waals surface area contributed by atoms with E-state index in [1.165, 1.54) is 6.20 Å². The molecule has 0 aliphatic rings. The number of anilines is 1. The highest BCUT2D eigenvalue weighted by Crippen LogP contribution is 2.35. The molecule has 1 atom stereocenters. The Morgan fingerprint density at radius 2 is 2.00 bits per heavy atom. The molecular formula is C19H17ClF3N5O2S. The predicted octanol–water partition coefficient (Wildman–Crippen LogP) is 4.88. The fourth-order valence-electron chi connectivity index (χ4n) is 2.87. The maximum atomic E-state index is 13.0. The van der Waals surface area contributed by atoms with Crippen molar-refractivity contribution in [3.8, 4) is 0 Å². The van der Waals surface area contributed by atoms with Gasteiger partial charge in [0.25, 0.3) is 5.91 Å². The van der Waals surface area contributed by atoms with E-state index in [2.05, 4.69) is 20.4 Å². The lowest BCUT2D eigenvalue weighted by Gasteiger charge is -2.10. The summed E-state index contributed by atoms with van der Waals surface area (Å²) in [7, 11) is 1.73. The summed E-state index contributed by atoms with van der Waals surface area (Å²) in [6.07, 6.45) is -0.710. The fourth-order valence-corrected chi connectivity index (χ4v) is 3.95. The minimum Gasteiger partial charge on any atom is -0.306 e. The van der Waals surface area contributed by atoms with Crippen LogP contribution < -0.4 is 5.32 Å². The molecule has 12 heteroatoms. The number of thiazole rings is 1. The highest BCUT2D eigenvalue weighted by atomic mass is 35.5. The number of rotatable bonds is 6. The summed E-state index contributed by atoms with van der Waals surface area (Å²) in [5.74, 6) is -1.30. The zero-order valence-corrected chi connectivity index (χ0v) is 18.2. The first-order chi connectivity index (χ1) is 14.5. The van der Waals surface area contributed by atoms with Crippen LogP contribution in [0.3, 0.4) is 0 Å². The van der Waals surface area contributed by atoms with Crippen LogP contribution in [0.4, 0.5) is 19.0 Å². The van der Waals surface area contributed by atoms with E-state index < -0.39 is 22.7 Å². The van der Waals surface area contributed by atoms with E-state index in [1.54, 1.807) is 31.8 Å². The number of hydrogen-bond acceptors (Lipinski definition) is 6. The van der Waals surface area contributed by atoms with Gasteiger partial charge in [-0.1, -0.05) is 18.5 Å². The summed E-state index contributed by atoms with van der Waals surface area (Å²) in [5, 5.41) is 6.46. The molecule has 1 amide bonds. The first kappa shape index (κ1) is 22.9. The number of pyridine rings is 1. The number of carbonyl (C=O) groups is 2. The lowest BCUT2D eigenvalue weighted by molar-refractivity contribution is -0.137. The van der Waals surface area contributed by atoms with Gasteiger partial charge in [0.05, 0.1) is 33.0 Å². The van der Waals surface area contributed by atoms with Gasteiger partial charge in [0, 0.05) is 31.8 Å². The largest absolute Gasteiger partial charge is 0.418 e. The van der Waals surface area contributed by atoms with Crippen LogP contribution in [0, 0.1) is 6.92 Å². The number of aromatic nitrogens is 4. The Morgan fingerprint density at radius 1 is 1.29 bits per heavy atom. The molecule has 0 aliphatic heterocycles. The summed E-state index contributed by atoms with van der Waals surface area (Å²) in [6.45, 7) is 3.55. The number of carbonyl (C=O) groups excluding carboxylic acids is 2. The molecule has 0 saturated carbocycles. The molecule has 3 aromatic heterocycles. The Hall–Kier alpha value is -2.79. The van der Waals surface area contributed by atoms with Gasteiger partial charge in [-0.25, -0.2) is 9.97 Å². The molecule has 7 nitrogen and oxygen atoms in total. The minimum atomic E-state index is -4.67. The van der Waals surface area contributed by atoms with Crippen LogP contribution in [0.5, 0.6) is 0 Å². The first-order valence-electron chi connectivity index (χ1n) is 8.99. The first-order valence-corrected chi connectivity index (χ1v) is 10.2. The van der Waals surface area contributed by atoms with Gasteiger partial charge in [0.15, 0.2) is 5.78 Å². The van der Waals surface area contributed by atoms with E-state index in [9.17, 15) is 22.8 Å². The van der Waals surface area contributed by atoms with Crippen molar-refractivity contribution < 1.29 is 22.8 Å². The van der Waals surface area contributed by atoms with Crippen molar-refractivity contribution in [1.82, 2.24) is 19.7 Å². The molecule has 0 fully saturated rings. The number of Topliss-reactive ketones (excluding diaryl/α,β-unsaturated/α-hetero) is 1. The number of nitrogens with zero attached hydrogens (tertiary/aromatic N) is 4. The molecule has 0 spiro atoms. The molecular weight excluding hydrogens is 455 g/mol. The van der Waals surface area contributed by atoms with Gasteiger partial charge < -0.3 is 5.32 Å². The van der Waals surface area contributed by atoms with Crippen molar-refractivity contribution in [3.63, 3.8) is 0 Å². The SMILES string of the molecule is Cc1nn(C)cc1C(=O)C[C@H](C)c1ncc(C(=O)Nc2cc(C(F)(F)F)c(Cl)cn2)s1. The molecule has 0 aromatic carbocycles. The molecule has 31 heavy (non-hydrogen) atoms. The number of aryl methyl sites for hydroxylation is 2. The quantitative estimate of drug-likeness (QED) is 0.517. The average molecular weight is 472 g/mol. The van der Waals surface area contributed by atoms with E-state index in [-0.39, 0.29) is 28.8 Å². The Labute approximate surface area is 184 Å². The van der Waals surface area contributed by atoms with Crippen molar-refractivity contribution >= 4 is 40.4 Å². The monoisotopic (exact) mass is 471 g/mol. The number of ketones is 1. The van der Waals surface area contributed by atoms with E-state index >= 15 is 0 Å². The van der Waals surface area contributed by atoms with Gasteiger partial charge in [-0.3, -0.25) is 14.3 Å². The van der Waals surface area contributed by atoms with E-state index in [1.807, 2.05) is 0 Å². The molecule has 3 rings (SSSR count). The van der Waals surface area contributed by atoms with Crippen LogP contribution >= 0.6 is 22.9 Å². The van der Waals surface area contributed by atoms with Gasteiger partial charge in [0.1, 0.15) is 10.7 Å². The highest BCUT2D eigenvalue weighted by Gasteiger charge is 2.34. The number of hydrogen-bond donors (Lipinski definition) is 1. The zero-order chi connectivity index (χ0) is 22.9. The third kappa shape index (κ3) is 5.28. The fraction of sp³-hybridized carbons (Fsp3) is 0.316. The zero-order valence-electron chi connectivity index (χ0n) is 16.6. The van der Waals surface area contributed by atoms with E-state index in [0.29, 0.717) is 22.3 Å². The predicted molar refractivity (Wildman–Crippen MR) is 110 cm³/mol. The molecule has 164 valence electrons. The van der Waals surface area contributed by atoms with Crippen LogP contribution in [0.2, 0.25) is 5.02 Å². The van der Waals surface area contributed by atoms with Crippen molar-refractivity contribution in [2.75, 3.05) is 5.32 Å². The number of halogens is 4. The number of alkyl halides is 3. The van der Waals surface area contributed by atoms with Gasteiger partial charge in [0.2, 0.25) is 0 Å². The molecule has 1 N–H and O–H groups in total. The van der Waals surface area contributed by atoms with Crippen molar-refractivity contribution in [1.29, 1.82) is 0 Å². The molecule has 3 aromatic rings. The maximum absolute atomic E-state index is 13.0. The molecule has 3 heterocycles. The lowest BCUT2D eigenvalue weighted by atomic mass is 10.0. The highest BCUT2D eigenvalue weighted by molar-refractivity contribution is 7.13. The van der Waals surface area contributed by atoms with Crippen LogP contribution in [0.25, 0.3) is 0 Å². The van der Waals surface area contributed by atoms with E-state index in [0.717, 1.165) is 17.5 Å². The lowest BCUT2D eigenvalue weighted by Crippen LogP contribution is -2.13. The number of amides is 1. The second-order valence-corrected chi connectivity index (χ2v) is 8.36. The van der Waals surface area contributed by atoms with Crippen LogP contribution in [-0.4, -0.2) is 31.4 Å². The summed E-state index contributed by atoms with van der Waals surface area (Å²) in [5.41, 5.74) is 0.0630. The van der Waals surface area contributed by atoms with Crippen LogP contribution in [0.15, 0.2) is 24.7 Å². The minimum absolute atomic E-state index is 0.0932. The normalized spacial score (nSPS) is 12.6. The van der Waals surface area contributed by atoms with Gasteiger partial charge in [-0.15, -0.1) is 11.3 Å². The van der Waals surface area contributed by atoms with Gasteiger partial charge >= 0.3 is 6.18 Å². The second-order valence-electron chi connectivity index (χ2n) is 6.89. The smallest absolute Gasteiger partial charge is 0.306 e. The van der Waals surface area contributed by atoms with Crippen LogP contribution in [-0.2, 0) is 13.2 Å². The van der Waals surface area contributed by atoms with Gasteiger partial charge in [-0.2, -0.15) is 18.3 Å². The second kappa shape index (κ2) is 8.75. The summed E-state index contributed by atoms with van der Waals surface area (Å²) >= 11 is 6.59. The van der Waals surface area contributed by atoms with Crippen molar-refractivity contribution in [2.45, 2.75) is 32.4 Å². The molecule has 0 bridgehead atoms. The standard InChI is InChI=1S/C19H17ClF3N5O2S/c1-9(4-14(29)11-8-28(3)27-10(11)2)18-25-7-15(31-18)17(30)26-16-5-12(19(21,22)23)13(20)6-24-16/h5-9H,4H2,1-3H3,(H,24,26,30)/t9-/m0/s1. The summed E-state index contributed by atoms with van der Waals surface area (Å²) < 4.78 is 40.5. The van der Waals surface area contributed by atoms with Crippen molar-refractivity contribution in [2.24, 2.45) is 7.05 Å². The summed E-state index contributed by atoms with van der Waals surface area (Å²) in [4.78, 5) is 33.0. The Morgan fingerprint density at radius 3 is 2.61 bits per heavy atom. The molecule has 0 unspecified atom stereocenters. The van der Waals surface area contributed by atoms with Crippen LogP contribution in [0.1, 0.15) is 55.6 Å². The number of nitrogens with one attached hydrogen (secondary N) is 1. The summed E-state index contributed by atoms with van der Waals surface area (Å²) in [6, 6.07) is 0.666. The van der Waals surface area contributed by atoms with E-state index in [4.69, 9.17) is 11.6 Å². The Balaban J connectivity index is 1.69. The molecule has 0 saturated heterocycles. The maximum Gasteiger partial charge on any atom is 0.418 e. The molecule has 0 aliphatic carbocycles.